The maximum absolute atomic E-state index is 5.62. The van der Waals surface area contributed by atoms with Crippen LogP contribution in [0.5, 0.6) is 0 Å². The summed E-state index contributed by atoms with van der Waals surface area (Å²) in [6, 6.07) is 8.41. The molecule has 0 unspecified atom stereocenters. The fourth-order valence-corrected chi connectivity index (χ4v) is 1.38. The first-order valence-electron chi connectivity index (χ1n) is 4.62. The van der Waals surface area contributed by atoms with Gasteiger partial charge in [0, 0.05) is 5.69 Å². The van der Waals surface area contributed by atoms with Gasteiger partial charge < -0.3 is 9.73 Å². The Morgan fingerprint density at radius 1 is 1.40 bits per heavy atom. The van der Waals surface area contributed by atoms with Crippen LogP contribution < -0.4 is 5.32 Å². The third kappa shape index (κ3) is 2.30. The zero-order chi connectivity index (χ0) is 10.7. The molecule has 0 saturated heterocycles. The molecule has 0 spiro atoms. The maximum atomic E-state index is 5.62. The molecule has 2 aromatic rings. The zero-order valence-corrected chi connectivity index (χ0v) is 9.08. The summed E-state index contributed by atoms with van der Waals surface area (Å²) < 4.78 is 5.21. The first kappa shape index (κ1) is 10.1. The minimum Gasteiger partial charge on any atom is -0.432 e. The summed E-state index contributed by atoms with van der Waals surface area (Å²) in [5, 5.41) is 3.09. The van der Waals surface area contributed by atoms with E-state index in [2.05, 4.69) is 10.3 Å². The molecule has 1 N–H and O–H groups in total. The smallest absolute Gasteiger partial charge is 0.299 e. The van der Waals surface area contributed by atoms with Gasteiger partial charge in [0.25, 0.3) is 6.01 Å². The predicted octanol–water partition coefficient (Wildman–Crippen LogP) is 3.47. The molecule has 2 rings (SSSR count). The second-order valence-electron chi connectivity index (χ2n) is 3.22. The van der Waals surface area contributed by atoms with Gasteiger partial charge in [-0.3, -0.25) is 0 Å². The van der Waals surface area contributed by atoms with Gasteiger partial charge in [-0.1, -0.05) is 18.2 Å². The lowest BCUT2D eigenvalue weighted by molar-refractivity contribution is 0.576. The van der Waals surface area contributed by atoms with Crippen LogP contribution in [0.25, 0.3) is 0 Å². The SMILES string of the molecule is Cc1ccccc1Nc1nc(CCl)co1. The number of hydrogen-bond acceptors (Lipinski definition) is 3. The van der Waals surface area contributed by atoms with E-state index in [0.29, 0.717) is 11.9 Å². The van der Waals surface area contributed by atoms with Crippen molar-refractivity contribution in [3.05, 3.63) is 41.8 Å². The van der Waals surface area contributed by atoms with Crippen LogP contribution in [0.2, 0.25) is 0 Å². The Balaban J connectivity index is 2.18. The van der Waals surface area contributed by atoms with Crippen LogP contribution in [0.1, 0.15) is 11.3 Å². The summed E-state index contributed by atoms with van der Waals surface area (Å²) in [5.74, 6) is 0.360. The van der Waals surface area contributed by atoms with Crippen LogP contribution in [0.4, 0.5) is 11.7 Å². The number of oxazole rings is 1. The molecule has 0 amide bonds. The minimum atomic E-state index is 0.360. The molecule has 0 aliphatic rings. The number of halogens is 1. The fraction of sp³-hybridized carbons (Fsp3) is 0.182. The predicted molar refractivity (Wildman–Crippen MR) is 60.5 cm³/mol. The molecule has 0 atom stereocenters. The van der Waals surface area contributed by atoms with Crippen LogP contribution in [-0.2, 0) is 5.88 Å². The molecule has 1 aromatic heterocycles. The normalized spacial score (nSPS) is 10.3. The molecular weight excluding hydrogens is 212 g/mol. The van der Waals surface area contributed by atoms with Crippen molar-refractivity contribution in [3.63, 3.8) is 0 Å². The summed E-state index contributed by atoms with van der Waals surface area (Å²) in [6.45, 7) is 2.02. The Kier molecular flexibility index (Phi) is 2.92. The number of hydrogen-bond donors (Lipinski definition) is 1. The van der Waals surface area contributed by atoms with E-state index in [4.69, 9.17) is 16.0 Å². The van der Waals surface area contributed by atoms with Crippen molar-refractivity contribution in [3.8, 4) is 0 Å². The average Bonchev–Trinajstić information content (AvgIpc) is 2.69. The highest BCUT2D eigenvalue weighted by molar-refractivity contribution is 6.16. The zero-order valence-electron chi connectivity index (χ0n) is 8.33. The average molecular weight is 223 g/mol. The van der Waals surface area contributed by atoms with E-state index in [0.717, 1.165) is 16.9 Å². The minimum absolute atomic E-state index is 0.360. The Bertz CT molecular complexity index is 453. The molecule has 1 heterocycles. The van der Waals surface area contributed by atoms with Gasteiger partial charge in [0.15, 0.2) is 0 Å². The van der Waals surface area contributed by atoms with Gasteiger partial charge in [-0.2, -0.15) is 4.98 Å². The molecular formula is C11H11ClN2O. The van der Waals surface area contributed by atoms with Gasteiger partial charge in [0.1, 0.15) is 6.26 Å². The highest BCUT2D eigenvalue weighted by Gasteiger charge is 2.04. The van der Waals surface area contributed by atoms with Crippen molar-refractivity contribution in [1.29, 1.82) is 0 Å². The third-order valence-corrected chi connectivity index (χ3v) is 2.35. The molecule has 0 bridgehead atoms. The number of benzene rings is 1. The highest BCUT2D eigenvalue weighted by atomic mass is 35.5. The van der Waals surface area contributed by atoms with E-state index in [1.165, 1.54) is 0 Å². The third-order valence-electron chi connectivity index (χ3n) is 2.08. The van der Waals surface area contributed by atoms with Crippen molar-refractivity contribution >= 4 is 23.3 Å². The molecule has 15 heavy (non-hydrogen) atoms. The lowest BCUT2D eigenvalue weighted by Crippen LogP contribution is -1.92. The van der Waals surface area contributed by atoms with E-state index in [1.54, 1.807) is 6.26 Å². The standard InChI is InChI=1S/C11H11ClN2O/c1-8-4-2-3-5-10(8)14-11-13-9(6-12)7-15-11/h2-5,7H,6H2,1H3,(H,13,14). The van der Waals surface area contributed by atoms with E-state index < -0.39 is 0 Å². The largest absolute Gasteiger partial charge is 0.432 e. The molecule has 0 radical (unpaired) electrons. The lowest BCUT2D eigenvalue weighted by atomic mass is 10.2. The van der Waals surface area contributed by atoms with Gasteiger partial charge in [-0.25, -0.2) is 0 Å². The van der Waals surface area contributed by atoms with Crippen molar-refractivity contribution in [2.24, 2.45) is 0 Å². The molecule has 0 fully saturated rings. The van der Waals surface area contributed by atoms with Gasteiger partial charge in [0.05, 0.1) is 11.6 Å². The quantitative estimate of drug-likeness (QED) is 0.809. The number of alkyl halides is 1. The van der Waals surface area contributed by atoms with E-state index in [9.17, 15) is 0 Å². The Hall–Kier alpha value is -1.48. The summed E-state index contributed by atoms with van der Waals surface area (Å²) in [4.78, 5) is 4.16. The number of rotatable bonds is 3. The summed E-state index contributed by atoms with van der Waals surface area (Å²) in [5.41, 5.74) is 2.86. The molecule has 0 aliphatic carbocycles. The van der Waals surface area contributed by atoms with E-state index in [-0.39, 0.29) is 0 Å². The molecule has 78 valence electrons. The van der Waals surface area contributed by atoms with Crippen molar-refractivity contribution < 1.29 is 4.42 Å². The van der Waals surface area contributed by atoms with Gasteiger partial charge in [-0.15, -0.1) is 11.6 Å². The fourth-order valence-electron chi connectivity index (χ4n) is 1.25. The van der Waals surface area contributed by atoms with Crippen LogP contribution >= 0.6 is 11.6 Å². The topological polar surface area (TPSA) is 38.1 Å². The van der Waals surface area contributed by atoms with Crippen molar-refractivity contribution in [1.82, 2.24) is 4.98 Å². The molecule has 0 aliphatic heterocycles. The number of aromatic nitrogens is 1. The first-order chi connectivity index (χ1) is 7.29. The van der Waals surface area contributed by atoms with Gasteiger partial charge in [0.2, 0.25) is 0 Å². The van der Waals surface area contributed by atoms with Gasteiger partial charge in [-0.05, 0) is 18.6 Å². The monoisotopic (exact) mass is 222 g/mol. The Morgan fingerprint density at radius 2 is 2.20 bits per heavy atom. The highest BCUT2D eigenvalue weighted by Crippen LogP contribution is 2.19. The number of anilines is 2. The van der Waals surface area contributed by atoms with Crippen LogP contribution in [0.15, 0.2) is 34.9 Å². The van der Waals surface area contributed by atoms with Crippen LogP contribution in [0.3, 0.4) is 0 Å². The van der Waals surface area contributed by atoms with Crippen molar-refractivity contribution in [2.45, 2.75) is 12.8 Å². The first-order valence-corrected chi connectivity index (χ1v) is 5.16. The number of para-hydroxylation sites is 1. The second kappa shape index (κ2) is 4.36. The molecule has 1 aromatic carbocycles. The Morgan fingerprint density at radius 3 is 2.87 bits per heavy atom. The molecule has 0 saturated carbocycles. The van der Waals surface area contributed by atoms with Crippen LogP contribution in [0, 0.1) is 6.92 Å². The van der Waals surface area contributed by atoms with E-state index in [1.807, 2.05) is 31.2 Å². The number of nitrogens with one attached hydrogen (secondary N) is 1. The van der Waals surface area contributed by atoms with E-state index >= 15 is 0 Å². The number of nitrogens with zero attached hydrogens (tertiary/aromatic N) is 1. The van der Waals surface area contributed by atoms with Crippen LogP contribution in [-0.4, -0.2) is 4.98 Å². The summed E-state index contributed by atoms with van der Waals surface area (Å²) in [7, 11) is 0. The molecule has 3 nitrogen and oxygen atoms in total. The Labute approximate surface area is 93.1 Å². The lowest BCUT2D eigenvalue weighted by Gasteiger charge is -2.04. The van der Waals surface area contributed by atoms with Gasteiger partial charge >= 0.3 is 0 Å². The summed E-state index contributed by atoms with van der Waals surface area (Å²) in [6.07, 6.45) is 1.55. The number of aryl methyl sites for hydroxylation is 1. The maximum Gasteiger partial charge on any atom is 0.299 e. The molecule has 4 heteroatoms. The summed E-state index contributed by atoms with van der Waals surface area (Å²) >= 11 is 5.62. The van der Waals surface area contributed by atoms with Crippen molar-refractivity contribution in [2.75, 3.05) is 5.32 Å². The second-order valence-corrected chi connectivity index (χ2v) is 3.48.